The second kappa shape index (κ2) is 5.33. The van der Waals surface area contributed by atoms with Crippen molar-refractivity contribution in [3.8, 4) is 0 Å². The van der Waals surface area contributed by atoms with E-state index in [0.717, 1.165) is 29.6 Å². The predicted molar refractivity (Wildman–Crippen MR) is 73.9 cm³/mol. The lowest BCUT2D eigenvalue weighted by atomic mass is 9.73. The van der Waals surface area contributed by atoms with Crippen LogP contribution in [-0.4, -0.2) is 0 Å². The zero-order chi connectivity index (χ0) is 11.7. The van der Waals surface area contributed by atoms with Crippen LogP contribution in [0.25, 0.3) is 0 Å². The minimum Gasteiger partial charge on any atom is -0.0654 e. The van der Waals surface area contributed by atoms with E-state index < -0.39 is 0 Å². The summed E-state index contributed by atoms with van der Waals surface area (Å²) in [7, 11) is 0. The first-order valence-corrected chi connectivity index (χ1v) is 8.38. The van der Waals surface area contributed by atoms with Crippen LogP contribution in [0.2, 0.25) is 0 Å². The first-order chi connectivity index (χ1) is 8.38. The molecule has 0 radical (unpaired) electrons. The van der Waals surface area contributed by atoms with Gasteiger partial charge in [0, 0.05) is 0 Å². The molecule has 3 aliphatic carbocycles. The molecule has 98 valence electrons. The number of fused-ring (bicyclic) bond motifs is 1. The lowest BCUT2D eigenvalue weighted by molar-refractivity contribution is 0.177. The molecule has 0 aromatic heterocycles. The summed E-state index contributed by atoms with van der Waals surface area (Å²) in [6, 6.07) is 0. The van der Waals surface area contributed by atoms with Crippen LogP contribution in [0.5, 0.6) is 0 Å². The van der Waals surface area contributed by atoms with Crippen molar-refractivity contribution in [3.05, 3.63) is 0 Å². The number of rotatable bonds is 3. The van der Waals surface area contributed by atoms with E-state index in [2.05, 4.69) is 6.92 Å². The van der Waals surface area contributed by atoms with Gasteiger partial charge in [-0.2, -0.15) is 0 Å². The normalized spacial score (nSPS) is 46.1. The third kappa shape index (κ3) is 2.42. The van der Waals surface area contributed by atoms with Gasteiger partial charge in [-0.05, 0) is 61.7 Å². The Labute approximate surface area is 108 Å². The predicted octanol–water partition coefficient (Wildman–Crippen LogP) is 5.42. The third-order valence-electron chi connectivity index (χ3n) is 6.27. The van der Waals surface area contributed by atoms with Gasteiger partial charge >= 0.3 is 0 Å². The van der Waals surface area contributed by atoms with E-state index in [1.54, 1.807) is 51.4 Å². The van der Waals surface area contributed by atoms with Gasteiger partial charge in [-0.25, -0.2) is 0 Å². The van der Waals surface area contributed by atoms with Crippen LogP contribution in [0.3, 0.4) is 0 Å². The minimum absolute atomic E-state index is 1.10. The highest BCUT2D eigenvalue weighted by molar-refractivity contribution is 4.93. The minimum atomic E-state index is 1.10. The fourth-order valence-corrected chi connectivity index (χ4v) is 5.54. The zero-order valence-electron chi connectivity index (χ0n) is 11.7. The van der Waals surface area contributed by atoms with Crippen LogP contribution < -0.4 is 0 Å². The number of hydrogen-bond donors (Lipinski definition) is 0. The fourth-order valence-electron chi connectivity index (χ4n) is 5.54. The zero-order valence-corrected chi connectivity index (χ0v) is 11.7. The van der Waals surface area contributed by atoms with Gasteiger partial charge in [-0.1, -0.05) is 45.4 Å². The largest absolute Gasteiger partial charge is 0.0654 e. The van der Waals surface area contributed by atoms with Gasteiger partial charge in [0.2, 0.25) is 0 Å². The maximum atomic E-state index is 2.36. The lowest BCUT2D eigenvalue weighted by Gasteiger charge is -2.32. The summed E-state index contributed by atoms with van der Waals surface area (Å²) in [5.41, 5.74) is 0. The molecule has 0 heteroatoms. The smallest absolute Gasteiger partial charge is 0.0355 e. The van der Waals surface area contributed by atoms with Crippen LogP contribution in [0.1, 0.15) is 77.6 Å². The van der Waals surface area contributed by atoms with Crippen LogP contribution in [0.4, 0.5) is 0 Å². The average Bonchev–Trinajstić information content (AvgIpc) is 2.95. The third-order valence-corrected chi connectivity index (χ3v) is 6.27. The van der Waals surface area contributed by atoms with Gasteiger partial charge in [0.15, 0.2) is 0 Å². The van der Waals surface area contributed by atoms with Gasteiger partial charge in [-0.15, -0.1) is 0 Å². The molecule has 3 saturated carbocycles. The highest BCUT2D eigenvalue weighted by Crippen LogP contribution is 2.52. The summed E-state index contributed by atoms with van der Waals surface area (Å²) in [6.07, 6.45) is 17.1. The van der Waals surface area contributed by atoms with E-state index in [4.69, 9.17) is 0 Å². The maximum Gasteiger partial charge on any atom is -0.0355 e. The molecule has 0 amide bonds. The molecule has 0 aromatic rings. The Balaban J connectivity index is 1.58. The summed E-state index contributed by atoms with van der Waals surface area (Å²) >= 11 is 0. The van der Waals surface area contributed by atoms with E-state index in [9.17, 15) is 0 Å². The van der Waals surface area contributed by atoms with Crippen molar-refractivity contribution in [2.75, 3.05) is 0 Å². The molecule has 0 bridgehead atoms. The summed E-state index contributed by atoms with van der Waals surface area (Å²) < 4.78 is 0. The molecule has 5 atom stereocenters. The van der Waals surface area contributed by atoms with Gasteiger partial charge in [0.1, 0.15) is 0 Å². The second-order valence-electron chi connectivity index (χ2n) is 7.18. The standard InChI is InChI=1S/C17H30/c1-2-5-13-8-9-15(12-13)17-11-10-14-6-3-4-7-16(14)17/h13-17H,2-12H2,1H3. The lowest BCUT2D eigenvalue weighted by Crippen LogP contribution is -2.23. The first-order valence-electron chi connectivity index (χ1n) is 8.38. The van der Waals surface area contributed by atoms with E-state index in [1.165, 1.54) is 19.3 Å². The molecule has 0 nitrogen and oxygen atoms in total. The van der Waals surface area contributed by atoms with Crippen molar-refractivity contribution in [2.45, 2.75) is 77.6 Å². The van der Waals surface area contributed by atoms with Crippen molar-refractivity contribution in [2.24, 2.45) is 29.6 Å². The summed E-state index contributed by atoms with van der Waals surface area (Å²) in [4.78, 5) is 0. The Bertz CT molecular complexity index is 244. The Morgan fingerprint density at radius 1 is 0.765 bits per heavy atom. The Kier molecular flexibility index (Phi) is 3.78. The summed E-state index contributed by atoms with van der Waals surface area (Å²) in [6.45, 7) is 2.36. The molecule has 0 heterocycles. The molecule has 17 heavy (non-hydrogen) atoms. The van der Waals surface area contributed by atoms with Gasteiger partial charge in [0.05, 0.1) is 0 Å². The molecule has 0 N–H and O–H groups in total. The molecule has 3 rings (SSSR count). The van der Waals surface area contributed by atoms with Gasteiger partial charge in [-0.3, -0.25) is 0 Å². The van der Waals surface area contributed by atoms with Crippen molar-refractivity contribution in [1.29, 1.82) is 0 Å². The average molecular weight is 234 g/mol. The van der Waals surface area contributed by atoms with E-state index in [-0.39, 0.29) is 0 Å². The van der Waals surface area contributed by atoms with Gasteiger partial charge in [0.25, 0.3) is 0 Å². The molecular weight excluding hydrogens is 204 g/mol. The summed E-state index contributed by atoms with van der Waals surface area (Å²) in [5.74, 6) is 5.71. The monoisotopic (exact) mass is 234 g/mol. The van der Waals surface area contributed by atoms with E-state index in [1.807, 2.05) is 0 Å². The SMILES string of the molecule is CCCC1CCC(C2CCC3CCCCC32)C1. The molecular formula is C17H30. The highest BCUT2D eigenvalue weighted by atomic mass is 14.5. The quantitative estimate of drug-likeness (QED) is 0.611. The topological polar surface area (TPSA) is 0 Å². The van der Waals surface area contributed by atoms with Crippen molar-refractivity contribution in [3.63, 3.8) is 0 Å². The van der Waals surface area contributed by atoms with Gasteiger partial charge < -0.3 is 0 Å². The number of hydrogen-bond acceptors (Lipinski definition) is 0. The molecule has 0 spiro atoms. The van der Waals surface area contributed by atoms with Crippen LogP contribution in [0.15, 0.2) is 0 Å². The van der Waals surface area contributed by atoms with Crippen LogP contribution in [0, 0.1) is 29.6 Å². The molecule has 3 aliphatic rings. The maximum absolute atomic E-state index is 2.36. The highest BCUT2D eigenvalue weighted by Gasteiger charge is 2.42. The molecule has 0 aromatic carbocycles. The van der Waals surface area contributed by atoms with Crippen molar-refractivity contribution < 1.29 is 0 Å². The van der Waals surface area contributed by atoms with E-state index >= 15 is 0 Å². The molecule has 5 unspecified atom stereocenters. The van der Waals surface area contributed by atoms with Crippen molar-refractivity contribution >= 4 is 0 Å². The van der Waals surface area contributed by atoms with Crippen LogP contribution in [-0.2, 0) is 0 Å². The Hall–Kier alpha value is 0. The molecule has 0 saturated heterocycles. The molecule has 3 fully saturated rings. The fraction of sp³-hybridized carbons (Fsp3) is 1.00. The summed E-state index contributed by atoms with van der Waals surface area (Å²) in [5, 5.41) is 0. The van der Waals surface area contributed by atoms with E-state index in [0.29, 0.717) is 0 Å². The van der Waals surface area contributed by atoms with Crippen molar-refractivity contribution in [1.82, 2.24) is 0 Å². The second-order valence-corrected chi connectivity index (χ2v) is 7.18. The molecule has 0 aliphatic heterocycles. The first kappa shape index (κ1) is 12.1. The Morgan fingerprint density at radius 3 is 2.41 bits per heavy atom. The Morgan fingerprint density at radius 2 is 1.53 bits per heavy atom. The van der Waals surface area contributed by atoms with Crippen LogP contribution >= 0.6 is 0 Å².